The molecular formula is C22H20BrNO3S2. The van der Waals surface area contributed by atoms with Gasteiger partial charge in [0, 0.05) is 6.54 Å². The first-order chi connectivity index (χ1) is 13.9. The molecular weight excluding hydrogens is 470 g/mol. The second-order valence-electron chi connectivity index (χ2n) is 6.33. The van der Waals surface area contributed by atoms with E-state index in [1.54, 1.807) is 19.3 Å². The number of carbonyl (C=O) groups is 1. The van der Waals surface area contributed by atoms with Crippen LogP contribution in [0.2, 0.25) is 0 Å². The fraction of sp³-hybridized carbons (Fsp3) is 0.182. The molecule has 150 valence electrons. The van der Waals surface area contributed by atoms with Crippen molar-refractivity contribution in [3.8, 4) is 11.5 Å². The molecule has 0 bridgehead atoms. The Morgan fingerprint density at radius 3 is 2.76 bits per heavy atom. The van der Waals surface area contributed by atoms with E-state index in [4.69, 9.17) is 21.7 Å². The largest absolute Gasteiger partial charge is 0.493 e. The van der Waals surface area contributed by atoms with Crippen LogP contribution in [0.25, 0.3) is 6.08 Å². The quantitative estimate of drug-likeness (QED) is 0.282. The summed E-state index contributed by atoms with van der Waals surface area (Å²) in [5.74, 6) is 1.09. The van der Waals surface area contributed by atoms with Crippen LogP contribution in [0.3, 0.4) is 0 Å². The lowest BCUT2D eigenvalue weighted by atomic mass is 10.1. The molecule has 2 aromatic carbocycles. The average molecular weight is 490 g/mol. The molecule has 1 aliphatic rings. The molecule has 0 saturated carbocycles. The minimum atomic E-state index is -0.116. The summed E-state index contributed by atoms with van der Waals surface area (Å²) in [6, 6.07) is 11.8. The molecule has 1 aliphatic heterocycles. The van der Waals surface area contributed by atoms with Gasteiger partial charge in [-0.25, -0.2) is 0 Å². The monoisotopic (exact) mass is 489 g/mol. The van der Waals surface area contributed by atoms with E-state index in [-0.39, 0.29) is 5.91 Å². The van der Waals surface area contributed by atoms with Crippen molar-refractivity contribution in [1.82, 2.24) is 4.90 Å². The van der Waals surface area contributed by atoms with Gasteiger partial charge in [-0.15, -0.1) is 6.58 Å². The smallest absolute Gasteiger partial charge is 0.266 e. The molecule has 0 spiro atoms. The average Bonchev–Trinajstić information content (AvgIpc) is 2.95. The van der Waals surface area contributed by atoms with Crippen LogP contribution < -0.4 is 9.47 Å². The van der Waals surface area contributed by atoms with Crippen LogP contribution in [0.4, 0.5) is 0 Å². The van der Waals surface area contributed by atoms with Crippen molar-refractivity contribution in [1.29, 1.82) is 0 Å². The molecule has 0 radical (unpaired) electrons. The maximum absolute atomic E-state index is 12.5. The lowest BCUT2D eigenvalue weighted by molar-refractivity contribution is -0.121. The first-order valence-corrected chi connectivity index (χ1v) is 10.9. The van der Waals surface area contributed by atoms with Crippen molar-refractivity contribution in [2.45, 2.75) is 13.5 Å². The van der Waals surface area contributed by atoms with Crippen LogP contribution in [0.15, 0.2) is 58.4 Å². The second kappa shape index (κ2) is 9.61. The van der Waals surface area contributed by atoms with Crippen molar-refractivity contribution in [2.24, 2.45) is 0 Å². The number of amides is 1. The van der Waals surface area contributed by atoms with Gasteiger partial charge < -0.3 is 9.47 Å². The van der Waals surface area contributed by atoms with Gasteiger partial charge in [0.25, 0.3) is 5.91 Å². The molecule has 1 amide bonds. The predicted octanol–water partition coefficient (Wildman–Crippen LogP) is 5.73. The fourth-order valence-electron chi connectivity index (χ4n) is 2.82. The van der Waals surface area contributed by atoms with Crippen molar-refractivity contribution >= 4 is 56.2 Å². The zero-order chi connectivity index (χ0) is 21.0. The Bertz CT molecular complexity index is 1000. The lowest BCUT2D eigenvalue weighted by Crippen LogP contribution is -2.27. The molecule has 3 rings (SSSR count). The van der Waals surface area contributed by atoms with Crippen molar-refractivity contribution in [3.05, 3.63) is 75.1 Å². The number of hydrogen-bond acceptors (Lipinski definition) is 5. The van der Waals surface area contributed by atoms with Crippen LogP contribution in [-0.4, -0.2) is 28.8 Å². The molecule has 0 atom stereocenters. The van der Waals surface area contributed by atoms with Crippen molar-refractivity contribution in [3.63, 3.8) is 0 Å². The number of thiocarbonyl (C=S) groups is 1. The normalized spacial score (nSPS) is 15.1. The fourth-order valence-corrected chi connectivity index (χ4v) is 4.67. The molecule has 4 nitrogen and oxygen atoms in total. The second-order valence-corrected chi connectivity index (χ2v) is 8.86. The Kier molecular flexibility index (Phi) is 7.16. The first kappa shape index (κ1) is 21.6. The summed E-state index contributed by atoms with van der Waals surface area (Å²) >= 11 is 10.1. The summed E-state index contributed by atoms with van der Waals surface area (Å²) in [6.45, 7) is 6.56. The van der Waals surface area contributed by atoms with Crippen molar-refractivity contribution in [2.75, 3.05) is 13.7 Å². The van der Waals surface area contributed by atoms with E-state index >= 15 is 0 Å². The molecule has 7 heteroatoms. The number of halogens is 1. The minimum Gasteiger partial charge on any atom is -0.493 e. The highest BCUT2D eigenvalue weighted by atomic mass is 79.9. The predicted molar refractivity (Wildman–Crippen MR) is 126 cm³/mol. The first-order valence-electron chi connectivity index (χ1n) is 8.85. The third-order valence-corrected chi connectivity index (χ3v) is 6.33. The molecule has 0 N–H and O–H groups in total. The topological polar surface area (TPSA) is 38.8 Å². The highest BCUT2D eigenvalue weighted by Gasteiger charge is 2.31. The molecule has 0 unspecified atom stereocenters. The van der Waals surface area contributed by atoms with E-state index in [0.29, 0.717) is 33.9 Å². The van der Waals surface area contributed by atoms with E-state index in [9.17, 15) is 4.79 Å². The van der Waals surface area contributed by atoms with Gasteiger partial charge in [0.15, 0.2) is 11.5 Å². The summed E-state index contributed by atoms with van der Waals surface area (Å²) in [6.07, 6.45) is 3.47. The van der Waals surface area contributed by atoms with Gasteiger partial charge in [-0.2, -0.15) is 0 Å². The van der Waals surface area contributed by atoms with E-state index < -0.39 is 0 Å². The minimum absolute atomic E-state index is 0.116. The van der Waals surface area contributed by atoms with E-state index in [1.807, 2.05) is 30.3 Å². The van der Waals surface area contributed by atoms with Crippen LogP contribution in [0, 0.1) is 6.92 Å². The van der Waals surface area contributed by atoms with Crippen LogP contribution >= 0.6 is 39.9 Å². The Balaban J connectivity index is 1.85. The molecule has 29 heavy (non-hydrogen) atoms. The number of methoxy groups -OCH3 is 1. The van der Waals surface area contributed by atoms with Gasteiger partial charge in [-0.3, -0.25) is 9.69 Å². The highest BCUT2D eigenvalue weighted by molar-refractivity contribution is 9.10. The van der Waals surface area contributed by atoms with E-state index in [2.05, 4.69) is 35.5 Å². The molecule has 0 aliphatic carbocycles. The van der Waals surface area contributed by atoms with Gasteiger partial charge in [0.05, 0.1) is 16.5 Å². The van der Waals surface area contributed by atoms with Crippen LogP contribution in [0.5, 0.6) is 11.5 Å². The number of hydrogen-bond donors (Lipinski definition) is 0. The van der Waals surface area contributed by atoms with E-state index in [1.165, 1.54) is 22.2 Å². The summed E-state index contributed by atoms with van der Waals surface area (Å²) in [7, 11) is 1.59. The Morgan fingerprint density at radius 1 is 1.31 bits per heavy atom. The number of rotatable bonds is 7. The molecule has 1 saturated heterocycles. The number of ether oxygens (including phenoxy) is 2. The SMILES string of the molecule is C=CCN1C(=O)C(=Cc2cc(Br)c(OCc3ccccc3C)c(OC)c2)SC1=S. The maximum atomic E-state index is 12.5. The van der Waals surface area contributed by atoms with Gasteiger partial charge in [0.2, 0.25) is 0 Å². The number of thioether (sulfide) groups is 1. The Hall–Kier alpha value is -2.09. The lowest BCUT2D eigenvalue weighted by Gasteiger charge is -2.14. The molecule has 1 heterocycles. The Labute approximate surface area is 188 Å². The third kappa shape index (κ3) is 4.91. The zero-order valence-electron chi connectivity index (χ0n) is 16.1. The standard InChI is InChI=1S/C22H20BrNO3S2/c1-4-9-24-21(25)19(29-22(24)28)12-15-10-17(23)20(18(11-15)26-3)27-13-16-8-6-5-7-14(16)2/h4-8,10-12H,1,9,13H2,2-3H3. The summed E-state index contributed by atoms with van der Waals surface area (Å²) in [5, 5.41) is 0. The Morgan fingerprint density at radius 2 is 2.07 bits per heavy atom. The summed E-state index contributed by atoms with van der Waals surface area (Å²) in [4.78, 5) is 14.6. The highest BCUT2D eigenvalue weighted by Crippen LogP contribution is 2.39. The van der Waals surface area contributed by atoms with E-state index in [0.717, 1.165) is 15.6 Å². The van der Waals surface area contributed by atoms with Crippen LogP contribution in [-0.2, 0) is 11.4 Å². The molecule has 1 fully saturated rings. The van der Waals surface area contributed by atoms with Gasteiger partial charge in [0.1, 0.15) is 10.9 Å². The maximum Gasteiger partial charge on any atom is 0.266 e. The summed E-state index contributed by atoms with van der Waals surface area (Å²) < 4.78 is 12.8. The van der Waals surface area contributed by atoms with Crippen LogP contribution in [0.1, 0.15) is 16.7 Å². The number of benzene rings is 2. The third-order valence-electron chi connectivity index (χ3n) is 4.37. The van der Waals surface area contributed by atoms with Crippen molar-refractivity contribution < 1.29 is 14.3 Å². The van der Waals surface area contributed by atoms with Gasteiger partial charge in [-0.05, 0) is 57.8 Å². The number of carbonyl (C=O) groups excluding carboxylic acids is 1. The molecule has 2 aromatic rings. The molecule has 0 aromatic heterocycles. The number of aryl methyl sites for hydroxylation is 1. The summed E-state index contributed by atoms with van der Waals surface area (Å²) in [5.41, 5.74) is 3.09. The van der Waals surface area contributed by atoms with Gasteiger partial charge >= 0.3 is 0 Å². The number of nitrogens with zero attached hydrogens (tertiary/aromatic N) is 1. The zero-order valence-corrected chi connectivity index (χ0v) is 19.3. The van der Waals surface area contributed by atoms with Gasteiger partial charge in [-0.1, -0.05) is 54.3 Å².